The maximum atomic E-state index is 11.9. The van der Waals surface area contributed by atoms with E-state index in [9.17, 15) is 4.79 Å². The van der Waals surface area contributed by atoms with Gasteiger partial charge in [0.25, 0.3) is 0 Å². The number of nitrogens with one attached hydrogen (secondary N) is 1. The van der Waals surface area contributed by atoms with E-state index in [1.165, 1.54) is 11.8 Å². The summed E-state index contributed by atoms with van der Waals surface area (Å²) >= 11 is 2.65. The molecule has 0 spiro atoms. The van der Waals surface area contributed by atoms with E-state index in [0.29, 0.717) is 17.2 Å². The van der Waals surface area contributed by atoms with Crippen molar-refractivity contribution < 1.29 is 9.21 Å². The molecule has 1 aromatic heterocycles. The lowest BCUT2D eigenvalue weighted by atomic mass is 10.2. The first-order valence-electron chi connectivity index (χ1n) is 5.94. The number of thioether (sulfide) groups is 1. The molecule has 0 radical (unpaired) electrons. The second-order valence-electron chi connectivity index (χ2n) is 4.06. The van der Waals surface area contributed by atoms with Crippen molar-refractivity contribution in [3.8, 4) is 0 Å². The minimum absolute atomic E-state index is 0.0537. The largest absolute Gasteiger partial charge is 0.468 e. The Balaban J connectivity index is 1.55. The molecule has 0 unspecified atom stereocenters. The molecule has 3 rings (SSSR count). The van der Waals surface area contributed by atoms with Gasteiger partial charge in [-0.05, 0) is 24.3 Å². The molecule has 102 valence electrons. The zero-order valence-corrected chi connectivity index (χ0v) is 12.0. The summed E-state index contributed by atoms with van der Waals surface area (Å²) in [6, 6.07) is 9.30. The summed E-state index contributed by atoms with van der Waals surface area (Å²) in [6.45, 7) is 0. The summed E-state index contributed by atoms with van der Waals surface area (Å²) in [4.78, 5) is 11.9. The molecule has 0 saturated carbocycles. The van der Waals surface area contributed by atoms with E-state index in [1.807, 2.05) is 30.3 Å². The number of carbonyl (C=O) groups excluding carboxylic acids is 1. The number of hydrogen-bond acceptors (Lipinski definition) is 5. The maximum absolute atomic E-state index is 11.9. The van der Waals surface area contributed by atoms with E-state index >= 15 is 0 Å². The molecule has 1 aliphatic rings. The molecule has 1 aromatic carbocycles. The summed E-state index contributed by atoms with van der Waals surface area (Å²) in [5, 5.41) is 2.86. The van der Waals surface area contributed by atoms with Crippen molar-refractivity contribution in [2.45, 2.75) is 5.75 Å². The molecular weight excluding hydrogens is 294 g/mol. The number of hydrogen-bond donors (Lipinski definition) is 1. The van der Waals surface area contributed by atoms with Crippen LogP contribution < -0.4 is 5.32 Å². The molecule has 0 atom stereocenters. The number of nitrogens with zero attached hydrogens (tertiary/aromatic N) is 2. The molecule has 2 aromatic rings. The van der Waals surface area contributed by atoms with Gasteiger partial charge in [-0.2, -0.15) is 8.73 Å². The van der Waals surface area contributed by atoms with Gasteiger partial charge in [0.15, 0.2) is 0 Å². The summed E-state index contributed by atoms with van der Waals surface area (Å²) < 4.78 is 13.5. The monoisotopic (exact) mass is 305 g/mol. The summed E-state index contributed by atoms with van der Waals surface area (Å²) in [6.07, 6.45) is 1.63. The Morgan fingerprint density at radius 3 is 3.10 bits per heavy atom. The van der Waals surface area contributed by atoms with Crippen LogP contribution in [0.5, 0.6) is 0 Å². The van der Waals surface area contributed by atoms with Crippen molar-refractivity contribution in [1.29, 1.82) is 0 Å². The molecule has 0 aliphatic carbocycles. The van der Waals surface area contributed by atoms with Gasteiger partial charge < -0.3 is 9.73 Å². The van der Waals surface area contributed by atoms with E-state index in [0.717, 1.165) is 28.5 Å². The summed E-state index contributed by atoms with van der Waals surface area (Å²) in [7, 11) is 0. The predicted molar refractivity (Wildman–Crippen MR) is 81.5 cm³/mol. The minimum atomic E-state index is -0.0537. The Hall–Kier alpha value is -1.86. The lowest BCUT2D eigenvalue weighted by molar-refractivity contribution is -0.113. The highest BCUT2D eigenvalue weighted by molar-refractivity contribution is 7.99. The van der Waals surface area contributed by atoms with E-state index in [4.69, 9.17) is 4.42 Å². The molecule has 0 bridgehead atoms. The molecule has 7 heteroatoms. The highest BCUT2D eigenvalue weighted by atomic mass is 32.2. The molecule has 2 heterocycles. The molecule has 1 amide bonds. The quantitative estimate of drug-likeness (QED) is 0.778. The highest BCUT2D eigenvalue weighted by Gasteiger charge is 2.12. The Kier molecular flexibility index (Phi) is 3.98. The molecule has 1 aliphatic heterocycles. The van der Waals surface area contributed by atoms with Crippen molar-refractivity contribution in [1.82, 2.24) is 0 Å². The second-order valence-corrected chi connectivity index (χ2v) is 5.57. The normalized spacial score (nSPS) is 12.0. The average molecular weight is 305 g/mol. The number of carbonyl (C=O) groups is 1. The van der Waals surface area contributed by atoms with Crippen LogP contribution in [-0.2, 0) is 21.9 Å². The zero-order chi connectivity index (χ0) is 13.8. The zero-order valence-electron chi connectivity index (χ0n) is 10.4. The first-order valence-corrected chi connectivity index (χ1v) is 7.83. The fraction of sp³-hybridized carbons (Fsp3) is 0.154. The summed E-state index contributed by atoms with van der Waals surface area (Å²) in [5.74, 6) is 1.87. The van der Waals surface area contributed by atoms with E-state index in [2.05, 4.69) is 14.0 Å². The molecular formula is C13H11N3O2S2. The van der Waals surface area contributed by atoms with Crippen LogP contribution in [0.3, 0.4) is 0 Å². The van der Waals surface area contributed by atoms with Gasteiger partial charge >= 0.3 is 0 Å². The lowest BCUT2D eigenvalue weighted by Crippen LogP contribution is -2.14. The van der Waals surface area contributed by atoms with Crippen LogP contribution in [0.1, 0.15) is 5.76 Å². The molecule has 5 nitrogen and oxygen atoms in total. The van der Waals surface area contributed by atoms with E-state index in [1.54, 1.807) is 6.26 Å². The van der Waals surface area contributed by atoms with E-state index in [-0.39, 0.29) is 5.91 Å². The van der Waals surface area contributed by atoms with Crippen LogP contribution in [0.4, 0.5) is 17.1 Å². The van der Waals surface area contributed by atoms with Gasteiger partial charge in [-0.15, -0.1) is 11.8 Å². The maximum Gasteiger partial charge on any atom is 0.234 e. The van der Waals surface area contributed by atoms with Crippen molar-refractivity contribution in [3.05, 3.63) is 42.4 Å². The number of furan rings is 1. The van der Waals surface area contributed by atoms with Crippen molar-refractivity contribution >= 4 is 46.1 Å². The van der Waals surface area contributed by atoms with Crippen molar-refractivity contribution in [3.63, 3.8) is 0 Å². The Bertz CT molecular complexity index is 692. The smallest absolute Gasteiger partial charge is 0.234 e. The topological polar surface area (TPSA) is 67.0 Å². The first kappa shape index (κ1) is 13.1. The van der Waals surface area contributed by atoms with Gasteiger partial charge in [0, 0.05) is 0 Å². The van der Waals surface area contributed by atoms with Crippen molar-refractivity contribution in [2.75, 3.05) is 11.1 Å². The summed E-state index contributed by atoms with van der Waals surface area (Å²) in [5.41, 5.74) is 2.25. The standard InChI is InChI=1S/C13H11N3O2S2/c17-12(8-19-7-9-3-2-6-18-9)14-10-4-1-5-11-13(10)16-20-15-11/h1-6H,7-8H2,(H,14,17). The Morgan fingerprint density at radius 2 is 2.25 bits per heavy atom. The van der Waals surface area contributed by atoms with Crippen molar-refractivity contribution in [2.24, 2.45) is 8.73 Å². The predicted octanol–water partition coefficient (Wildman–Crippen LogP) is 3.88. The number of anilines is 1. The van der Waals surface area contributed by atoms with Crippen LogP contribution in [0.25, 0.3) is 0 Å². The SMILES string of the molecule is O=C(CSCc1ccco1)Nc1cccc2c1N=S=N2. The lowest BCUT2D eigenvalue weighted by Gasteiger charge is -2.07. The van der Waals surface area contributed by atoms with Gasteiger partial charge in [-0.1, -0.05) is 6.07 Å². The highest BCUT2D eigenvalue weighted by Crippen LogP contribution is 2.38. The number of fused-ring (bicyclic) bond motifs is 1. The third-order valence-electron chi connectivity index (χ3n) is 2.62. The van der Waals surface area contributed by atoms with Crippen LogP contribution in [0.15, 0.2) is 49.7 Å². The fourth-order valence-electron chi connectivity index (χ4n) is 1.73. The molecule has 0 fully saturated rings. The molecule has 20 heavy (non-hydrogen) atoms. The van der Waals surface area contributed by atoms with Gasteiger partial charge in [0.1, 0.15) is 17.1 Å². The molecule has 1 N–H and O–H groups in total. The minimum Gasteiger partial charge on any atom is -0.468 e. The average Bonchev–Trinajstić information content (AvgIpc) is 3.09. The first-order chi connectivity index (χ1) is 9.83. The van der Waals surface area contributed by atoms with Gasteiger partial charge in [0.2, 0.25) is 5.91 Å². The third-order valence-corrected chi connectivity index (χ3v) is 4.12. The van der Waals surface area contributed by atoms with E-state index < -0.39 is 0 Å². The van der Waals surface area contributed by atoms with Gasteiger partial charge in [0.05, 0.1) is 34.8 Å². The van der Waals surface area contributed by atoms with Gasteiger partial charge in [-0.25, -0.2) is 0 Å². The number of amides is 1. The van der Waals surface area contributed by atoms with Crippen LogP contribution >= 0.6 is 11.8 Å². The van der Waals surface area contributed by atoms with Gasteiger partial charge in [-0.3, -0.25) is 4.79 Å². The second kappa shape index (κ2) is 6.06. The number of rotatable bonds is 5. The third kappa shape index (κ3) is 3.00. The van der Waals surface area contributed by atoms with Crippen LogP contribution in [0, 0.1) is 0 Å². The van der Waals surface area contributed by atoms with Crippen LogP contribution in [-0.4, -0.2) is 11.7 Å². The molecule has 0 saturated heterocycles. The number of benzene rings is 1. The van der Waals surface area contributed by atoms with Crippen LogP contribution in [0.2, 0.25) is 0 Å². The fourth-order valence-corrected chi connectivity index (χ4v) is 3.01. The Labute approximate surface area is 123 Å². The Morgan fingerprint density at radius 1 is 1.30 bits per heavy atom.